The van der Waals surface area contributed by atoms with Crippen LogP contribution in [0.25, 0.3) is 0 Å². The Labute approximate surface area is 232 Å². The third kappa shape index (κ3) is 4.65. The van der Waals surface area contributed by atoms with Gasteiger partial charge in [0.1, 0.15) is 18.6 Å². The van der Waals surface area contributed by atoms with E-state index < -0.39 is 35.0 Å². The Bertz CT molecular complexity index is 1500. The predicted molar refractivity (Wildman–Crippen MR) is 142 cm³/mol. The van der Waals surface area contributed by atoms with E-state index in [9.17, 15) is 26.3 Å². The van der Waals surface area contributed by atoms with Crippen LogP contribution in [0.4, 0.5) is 37.7 Å². The van der Waals surface area contributed by atoms with Crippen LogP contribution >= 0.6 is 0 Å². The number of hydrogen-bond donors (Lipinski definition) is 0. The Morgan fingerprint density at radius 2 is 1.41 bits per heavy atom. The summed E-state index contributed by atoms with van der Waals surface area (Å²) < 4.78 is 101. The minimum Gasteiger partial charge on any atom is -0.473 e. The number of alkyl halides is 6. The lowest BCUT2D eigenvalue weighted by Gasteiger charge is -2.41. The van der Waals surface area contributed by atoms with Gasteiger partial charge in [0, 0.05) is 35.3 Å². The van der Waals surface area contributed by atoms with Gasteiger partial charge in [-0.05, 0) is 53.6 Å². The van der Waals surface area contributed by atoms with Crippen LogP contribution in [-0.4, -0.2) is 31.9 Å². The maximum absolute atomic E-state index is 15.0. The number of rotatable bonds is 4. The molecule has 0 aromatic heterocycles. The molecule has 1 atom stereocenters. The number of hydrogen-bond acceptors (Lipinski definition) is 4. The van der Waals surface area contributed by atoms with Crippen LogP contribution in [0.2, 0.25) is 0 Å². The molecule has 1 unspecified atom stereocenters. The van der Waals surface area contributed by atoms with E-state index >= 15 is 0 Å². The minimum absolute atomic E-state index is 0.0843. The Hall–Kier alpha value is -4.18. The molecule has 41 heavy (non-hydrogen) atoms. The third-order valence-corrected chi connectivity index (χ3v) is 7.52. The van der Waals surface area contributed by atoms with E-state index in [-0.39, 0.29) is 36.9 Å². The molecule has 0 radical (unpaired) electrons. The molecule has 0 fully saturated rings. The smallest absolute Gasteiger partial charge is 0.411 e. The van der Waals surface area contributed by atoms with Gasteiger partial charge in [0.2, 0.25) is 5.41 Å². The van der Waals surface area contributed by atoms with Crippen molar-refractivity contribution in [3.63, 3.8) is 0 Å². The maximum atomic E-state index is 15.0. The number of halogens is 6. The predicted octanol–water partition coefficient (Wildman–Crippen LogP) is 7.65. The van der Waals surface area contributed by atoms with Crippen molar-refractivity contribution < 1.29 is 35.8 Å². The fourth-order valence-corrected chi connectivity index (χ4v) is 5.52. The van der Waals surface area contributed by atoms with Gasteiger partial charge < -0.3 is 19.3 Å². The fraction of sp³-hybridized carbons (Fsp3) is 0.226. The van der Waals surface area contributed by atoms with E-state index in [0.29, 0.717) is 5.69 Å². The molecule has 2 aliphatic heterocycles. The van der Waals surface area contributed by atoms with Gasteiger partial charge in [-0.1, -0.05) is 54.6 Å². The van der Waals surface area contributed by atoms with Crippen LogP contribution in [0, 0.1) is 0 Å². The molecule has 1 aliphatic carbocycles. The second-order valence-corrected chi connectivity index (χ2v) is 9.98. The SMILES string of the molecule is FC(F)(F)C(C1=CC2=CN(c3ccccc3)COC2C=C1)(c1ccc2c(c1)CN(c1ccccc1)CO2)C(F)(F)F. The molecule has 0 amide bonds. The van der Waals surface area contributed by atoms with E-state index in [1.165, 1.54) is 18.3 Å². The lowest BCUT2D eigenvalue weighted by molar-refractivity contribution is -0.289. The van der Waals surface area contributed by atoms with Crippen molar-refractivity contribution in [1.29, 1.82) is 0 Å². The van der Waals surface area contributed by atoms with Crippen molar-refractivity contribution in [3.8, 4) is 5.75 Å². The van der Waals surface area contributed by atoms with Crippen LogP contribution in [0.1, 0.15) is 11.1 Å². The molecule has 10 heteroatoms. The van der Waals surface area contributed by atoms with Crippen molar-refractivity contribution in [1.82, 2.24) is 0 Å². The number of para-hydroxylation sites is 2. The van der Waals surface area contributed by atoms with Crippen LogP contribution in [0.3, 0.4) is 0 Å². The molecule has 3 aliphatic rings. The average Bonchev–Trinajstić information content (AvgIpc) is 2.96. The Balaban J connectivity index is 1.46. The number of nitrogens with zero attached hydrogens (tertiary/aromatic N) is 2. The van der Waals surface area contributed by atoms with Crippen molar-refractivity contribution in [2.45, 2.75) is 30.4 Å². The molecule has 2 heterocycles. The molecule has 3 aromatic carbocycles. The number of benzene rings is 3. The van der Waals surface area contributed by atoms with Crippen LogP contribution in [0.15, 0.2) is 114 Å². The largest absolute Gasteiger partial charge is 0.473 e. The van der Waals surface area contributed by atoms with E-state index in [1.807, 2.05) is 6.07 Å². The van der Waals surface area contributed by atoms with Gasteiger partial charge in [0.15, 0.2) is 6.73 Å². The number of allylic oxidation sites excluding steroid dienone is 2. The second-order valence-electron chi connectivity index (χ2n) is 9.98. The first-order valence-corrected chi connectivity index (χ1v) is 12.8. The molecule has 0 bridgehead atoms. The van der Waals surface area contributed by atoms with Gasteiger partial charge in [0.05, 0.1) is 0 Å². The average molecular weight is 571 g/mol. The summed E-state index contributed by atoms with van der Waals surface area (Å²) in [5.41, 5.74) is -4.31. The van der Waals surface area contributed by atoms with Crippen molar-refractivity contribution >= 4 is 11.4 Å². The van der Waals surface area contributed by atoms with Gasteiger partial charge >= 0.3 is 12.4 Å². The zero-order valence-electron chi connectivity index (χ0n) is 21.5. The highest BCUT2D eigenvalue weighted by Crippen LogP contribution is 2.58. The van der Waals surface area contributed by atoms with Gasteiger partial charge in [0.25, 0.3) is 0 Å². The van der Waals surface area contributed by atoms with E-state index in [1.54, 1.807) is 64.4 Å². The van der Waals surface area contributed by atoms with Crippen molar-refractivity contribution in [3.05, 3.63) is 126 Å². The molecule has 0 saturated carbocycles. The highest BCUT2D eigenvalue weighted by Gasteiger charge is 2.73. The van der Waals surface area contributed by atoms with Crippen molar-refractivity contribution in [2.75, 3.05) is 23.3 Å². The highest BCUT2D eigenvalue weighted by molar-refractivity contribution is 5.59. The summed E-state index contributed by atoms with van der Waals surface area (Å²) in [5.74, 6) is 0.245. The summed E-state index contributed by atoms with van der Waals surface area (Å²) in [7, 11) is 0. The summed E-state index contributed by atoms with van der Waals surface area (Å²) in [6.07, 6.45) is -7.59. The lowest BCUT2D eigenvalue weighted by Crippen LogP contribution is -2.55. The highest BCUT2D eigenvalue weighted by atomic mass is 19.4. The van der Waals surface area contributed by atoms with E-state index in [2.05, 4.69) is 0 Å². The molecule has 4 nitrogen and oxygen atoms in total. The fourth-order valence-electron chi connectivity index (χ4n) is 5.52. The van der Waals surface area contributed by atoms with Crippen LogP contribution in [0.5, 0.6) is 5.75 Å². The molecular weight excluding hydrogens is 546 g/mol. The third-order valence-electron chi connectivity index (χ3n) is 7.52. The first kappa shape index (κ1) is 27.0. The normalized spacial score (nSPS) is 19.1. The van der Waals surface area contributed by atoms with Crippen LogP contribution in [-0.2, 0) is 16.7 Å². The number of ether oxygens (including phenoxy) is 2. The zero-order chi connectivity index (χ0) is 28.8. The molecule has 0 N–H and O–H groups in total. The first-order chi connectivity index (χ1) is 19.6. The van der Waals surface area contributed by atoms with Gasteiger partial charge in [-0.3, -0.25) is 0 Å². The molecule has 212 valence electrons. The standard InChI is InChI=1S/C31H24F6N2O2/c32-30(33,34)29(31(35,36)37,23-11-13-27-21(15-23)17-38(19-40-27)25-7-3-1-4-8-25)24-12-14-28-22(16-24)18-39(20-41-28)26-9-5-2-6-10-26/h1-17,27H,18-20H2. The lowest BCUT2D eigenvalue weighted by atomic mass is 9.70. The Morgan fingerprint density at radius 3 is 2.07 bits per heavy atom. The molecule has 0 spiro atoms. The molecule has 6 rings (SSSR count). The Morgan fingerprint density at radius 1 is 0.756 bits per heavy atom. The summed E-state index contributed by atoms with van der Waals surface area (Å²) in [6, 6.07) is 20.9. The minimum atomic E-state index is -5.72. The van der Waals surface area contributed by atoms with Crippen LogP contribution < -0.4 is 14.5 Å². The maximum Gasteiger partial charge on any atom is 0.411 e. The zero-order valence-corrected chi connectivity index (χ0v) is 21.5. The summed E-state index contributed by atoms with van der Waals surface area (Å²) in [5, 5.41) is 0. The summed E-state index contributed by atoms with van der Waals surface area (Å²) in [6.45, 7) is 0.292. The van der Waals surface area contributed by atoms with E-state index in [4.69, 9.17) is 9.47 Å². The summed E-state index contributed by atoms with van der Waals surface area (Å²) in [4.78, 5) is 3.37. The first-order valence-electron chi connectivity index (χ1n) is 12.8. The number of anilines is 2. The van der Waals surface area contributed by atoms with E-state index in [0.717, 1.165) is 30.0 Å². The quantitative estimate of drug-likeness (QED) is 0.301. The van der Waals surface area contributed by atoms with Gasteiger partial charge in [-0.25, -0.2) is 0 Å². The monoisotopic (exact) mass is 570 g/mol. The van der Waals surface area contributed by atoms with Gasteiger partial charge in [-0.15, -0.1) is 0 Å². The topological polar surface area (TPSA) is 24.9 Å². The van der Waals surface area contributed by atoms with Gasteiger partial charge in [-0.2, -0.15) is 26.3 Å². The summed E-state index contributed by atoms with van der Waals surface area (Å²) >= 11 is 0. The second kappa shape index (κ2) is 10.0. The van der Waals surface area contributed by atoms with Crippen molar-refractivity contribution in [2.24, 2.45) is 0 Å². The number of fused-ring (bicyclic) bond motifs is 2. The Kier molecular flexibility index (Phi) is 6.60. The molecule has 3 aromatic rings. The molecular formula is C31H24F6N2O2. The molecule has 0 saturated heterocycles.